The zero-order valence-corrected chi connectivity index (χ0v) is 9.30. The van der Waals surface area contributed by atoms with Gasteiger partial charge in [0.1, 0.15) is 0 Å². The zero-order valence-electron chi connectivity index (χ0n) is 7.03. The van der Waals surface area contributed by atoms with Gasteiger partial charge in [0, 0.05) is 6.04 Å². The van der Waals surface area contributed by atoms with Gasteiger partial charge in [-0.2, -0.15) is 0 Å². The third-order valence-electron chi connectivity index (χ3n) is 1.58. The van der Waals surface area contributed by atoms with E-state index in [9.17, 15) is 4.79 Å². The maximum absolute atomic E-state index is 11.1. The minimum atomic E-state index is -1.84. The summed E-state index contributed by atoms with van der Waals surface area (Å²) in [7, 11) is 0. The number of alkyl halides is 3. The SMILES string of the molecule is CCC(CC)NC(=O)C(Cl)(Cl)Cl. The van der Waals surface area contributed by atoms with Crippen LogP contribution in [0.5, 0.6) is 0 Å². The Kier molecular flexibility index (Phi) is 5.30. The number of carbonyl (C=O) groups is 1. The molecule has 0 unspecified atom stereocenters. The average molecular weight is 233 g/mol. The summed E-state index contributed by atoms with van der Waals surface area (Å²) < 4.78 is -1.84. The lowest BCUT2D eigenvalue weighted by Crippen LogP contribution is -2.41. The number of hydrogen-bond acceptors (Lipinski definition) is 1. The Morgan fingerprint density at radius 2 is 1.75 bits per heavy atom. The molecule has 12 heavy (non-hydrogen) atoms. The first-order valence-electron chi connectivity index (χ1n) is 3.79. The third-order valence-corrected chi connectivity index (χ3v) is 2.09. The highest BCUT2D eigenvalue weighted by Crippen LogP contribution is 2.26. The van der Waals surface area contributed by atoms with E-state index in [1.54, 1.807) is 0 Å². The van der Waals surface area contributed by atoms with E-state index < -0.39 is 9.70 Å². The molecular formula is C7H12Cl3NO. The molecule has 1 N–H and O–H groups in total. The second-order valence-corrected chi connectivity index (χ2v) is 4.77. The standard InChI is InChI=1S/C7H12Cl3NO/c1-3-5(4-2)11-6(12)7(8,9)10/h5H,3-4H2,1-2H3,(H,11,12). The number of nitrogens with one attached hydrogen (secondary N) is 1. The molecule has 0 aromatic heterocycles. The Morgan fingerprint density at radius 3 is 2.00 bits per heavy atom. The summed E-state index contributed by atoms with van der Waals surface area (Å²) in [5, 5.41) is 2.62. The van der Waals surface area contributed by atoms with Crippen molar-refractivity contribution in [3.05, 3.63) is 0 Å². The van der Waals surface area contributed by atoms with Crippen molar-refractivity contribution in [2.75, 3.05) is 0 Å². The van der Waals surface area contributed by atoms with Crippen LogP contribution >= 0.6 is 34.8 Å². The van der Waals surface area contributed by atoms with Crippen molar-refractivity contribution in [3.8, 4) is 0 Å². The molecule has 0 fully saturated rings. The molecule has 2 nitrogen and oxygen atoms in total. The van der Waals surface area contributed by atoms with E-state index in [0.717, 1.165) is 12.8 Å². The van der Waals surface area contributed by atoms with Crippen LogP contribution < -0.4 is 5.32 Å². The van der Waals surface area contributed by atoms with Crippen molar-refractivity contribution >= 4 is 40.7 Å². The summed E-state index contributed by atoms with van der Waals surface area (Å²) in [5.41, 5.74) is 0. The van der Waals surface area contributed by atoms with Crippen LogP contribution in [0.2, 0.25) is 0 Å². The molecule has 0 saturated carbocycles. The van der Waals surface area contributed by atoms with Crippen molar-refractivity contribution in [1.29, 1.82) is 0 Å². The predicted molar refractivity (Wildman–Crippen MR) is 52.8 cm³/mol. The van der Waals surface area contributed by atoms with Gasteiger partial charge in [0.2, 0.25) is 0 Å². The van der Waals surface area contributed by atoms with Gasteiger partial charge in [0.25, 0.3) is 9.70 Å². The van der Waals surface area contributed by atoms with Crippen LogP contribution in [0.1, 0.15) is 26.7 Å². The van der Waals surface area contributed by atoms with E-state index in [4.69, 9.17) is 34.8 Å². The second kappa shape index (κ2) is 5.15. The third kappa shape index (κ3) is 4.39. The van der Waals surface area contributed by atoms with Gasteiger partial charge in [0.05, 0.1) is 0 Å². The number of hydrogen-bond donors (Lipinski definition) is 1. The largest absolute Gasteiger partial charge is 0.350 e. The first-order valence-corrected chi connectivity index (χ1v) is 4.92. The smallest absolute Gasteiger partial charge is 0.272 e. The van der Waals surface area contributed by atoms with Gasteiger partial charge in [-0.3, -0.25) is 4.79 Å². The Bertz CT molecular complexity index is 151. The summed E-state index contributed by atoms with van der Waals surface area (Å²) in [6.45, 7) is 3.93. The fraction of sp³-hybridized carbons (Fsp3) is 0.857. The summed E-state index contributed by atoms with van der Waals surface area (Å²) in [6.07, 6.45) is 1.67. The van der Waals surface area contributed by atoms with Gasteiger partial charge < -0.3 is 5.32 Å². The molecule has 0 spiro atoms. The van der Waals surface area contributed by atoms with Gasteiger partial charge in [-0.25, -0.2) is 0 Å². The second-order valence-electron chi connectivity index (χ2n) is 2.48. The minimum Gasteiger partial charge on any atom is -0.350 e. The lowest BCUT2D eigenvalue weighted by Gasteiger charge is -2.17. The van der Waals surface area contributed by atoms with Crippen molar-refractivity contribution < 1.29 is 4.79 Å². The monoisotopic (exact) mass is 231 g/mol. The molecule has 0 aromatic rings. The maximum atomic E-state index is 11.1. The van der Waals surface area contributed by atoms with Crippen LogP contribution in [0.15, 0.2) is 0 Å². The fourth-order valence-electron chi connectivity index (χ4n) is 0.760. The molecule has 0 heterocycles. The average Bonchev–Trinajstić information content (AvgIpc) is 1.97. The maximum Gasteiger partial charge on any atom is 0.272 e. The first-order chi connectivity index (χ1) is 5.41. The molecule has 1 amide bonds. The Hall–Kier alpha value is 0.340. The van der Waals surface area contributed by atoms with Gasteiger partial charge in [-0.05, 0) is 12.8 Å². The molecule has 5 heteroatoms. The van der Waals surface area contributed by atoms with Crippen molar-refractivity contribution in [1.82, 2.24) is 5.32 Å². The van der Waals surface area contributed by atoms with E-state index in [1.807, 2.05) is 13.8 Å². The molecule has 0 bridgehead atoms. The quantitative estimate of drug-likeness (QED) is 0.745. The summed E-state index contributed by atoms with van der Waals surface area (Å²) in [5.74, 6) is -0.554. The Labute approximate surface area is 87.6 Å². The molecule has 0 rings (SSSR count). The van der Waals surface area contributed by atoms with E-state index in [2.05, 4.69) is 5.32 Å². The molecule has 0 aliphatic rings. The zero-order chi connectivity index (χ0) is 9.78. The van der Waals surface area contributed by atoms with Crippen LogP contribution in [-0.2, 0) is 4.79 Å². The Morgan fingerprint density at radius 1 is 1.33 bits per heavy atom. The summed E-state index contributed by atoms with van der Waals surface area (Å²) in [6, 6.07) is 0.0909. The first kappa shape index (κ1) is 12.3. The Balaban J connectivity index is 3.99. The van der Waals surface area contributed by atoms with E-state index in [0.29, 0.717) is 0 Å². The topological polar surface area (TPSA) is 29.1 Å². The lowest BCUT2D eigenvalue weighted by atomic mass is 10.2. The van der Waals surface area contributed by atoms with Gasteiger partial charge in [-0.15, -0.1) is 0 Å². The number of carbonyl (C=O) groups excluding carboxylic acids is 1. The number of rotatable bonds is 3. The molecule has 72 valence electrons. The molecule has 0 saturated heterocycles. The van der Waals surface area contributed by atoms with Crippen LogP contribution in [0.3, 0.4) is 0 Å². The summed E-state index contributed by atoms with van der Waals surface area (Å²) in [4.78, 5) is 11.1. The van der Waals surface area contributed by atoms with Crippen molar-refractivity contribution in [2.45, 2.75) is 36.5 Å². The molecular weight excluding hydrogens is 220 g/mol. The van der Waals surface area contributed by atoms with E-state index >= 15 is 0 Å². The van der Waals surface area contributed by atoms with E-state index in [1.165, 1.54) is 0 Å². The van der Waals surface area contributed by atoms with Gasteiger partial charge >= 0.3 is 0 Å². The highest BCUT2D eigenvalue weighted by molar-refractivity contribution is 6.76. The van der Waals surface area contributed by atoms with Crippen molar-refractivity contribution in [2.24, 2.45) is 0 Å². The van der Waals surface area contributed by atoms with Crippen LogP contribution in [-0.4, -0.2) is 15.7 Å². The van der Waals surface area contributed by atoms with Crippen LogP contribution in [0.25, 0.3) is 0 Å². The molecule has 0 aliphatic heterocycles. The molecule has 0 atom stereocenters. The normalized spacial score (nSPS) is 11.8. The predicted octanol–water partition coefficient (Wildman–Crippen LogP) is 2.66. The minimum absolute atomic E-state index is 0.0909. The molecule has 0 radical (unpaired) electrons. The van der Waals surface area contributed by atoms with Crippen LogP contribution in [0, 0.1) is 0 Å². The van der Waals surface area contributed by atoms with Crippen LogP contribution in [0.4, 0.5) is 0 Å². The molecule has 0 aliphatic carbocycles. The lowest BCUT2D eigenvalue weighted by molar-refractivity contribution is -0.120. The highest BCUT2D eigenvalue weighted by Gasteiger charge is 2.31. The van der Waals surface area contributed by atoms with E-state index in [-0.39, 0.29) is 6.04 Å². The molecule has 0 aromatic carbocycles. The number of halogens is 3. The number of amides is 1. The van der Waals surface area contributed by atoms with Gasteiger partial charge in [0.15, 0.2) is 0 Å². The fourth-order valence-corrected chi connectivity index (χ4v) is 0.924. The summed E-state index contributed by atoms with van der Waals surface area (Å²) >= 11 is 16.1. The van der Waals surface area contributed by atoms with Gasteiger partial charge in [-0.1, -0.05) is 48.7 Å². The van der Waals surface area contributed by atoms with Crippen molar-refractivity contribution in [3.63, 3.8) is 0 Å². The highest BCUT2D eigenvalue weighted by atomic mass is 35.6.